The Hall–Kier alpha value is -1.08. The summed E-state index contributed by atoms with van der Waals surface area (Å²) < 4.78 is 24.6. The van der Waals surface area contributed by atoms with Gasteiger partial charge >= 0.3 is 0 Å². The Balaban J connectivity index is 1.96. The summed E-state index contributed by atoms with van der Waals surface area (Å²) >= 11 is 3.44. The van der Waals surface area contributed by atoms with Crippen LogP contribution in [0.3, 0.4) is 0 Å². The van der Waals surface area contributed by atoms with Gasteiger partial charge in [0.1, 0.15) is 0 Å². The first-order chi connectivity index (χ1) is 10.6. The van der Waals surface area contributed by atoms with Crippen LogP contribution in [0.5, 0.6) is 0 Å². The topological polar surface area (TPSA) is 89.3 Å². The van der Waals surface area contributed by atoms with E-state index in [1.807, 2.05) is 19.9 Å². The van der Waals surface area contributed by atoms with Crippen LogP contribution in [0.15, 0.2) is 16.6 Å². The van der Waals surface area contributed by atoms with E-state index in [2.05, 4.69) is 21.2 Å². The number of hydrogen-bond donors (Lipinski definition) is 2. The molecule has 0 aromatic heterocycles. The summed E-state index contributed by atoms with van der Waals surface area (Å²) in [6, 6.07) is 3.74. The third kappa shape index (κ3) is 2.78. The van der Waals surface area contributed by atoms with Gasteiger partial charge in [-0.05, 0) is 50.3 Å². The molecule has 0 spiro atoms. The lowest BCUT2D eigenvalue weighted by atomic mass is 9.79. The van der Waals surface area contributed by atoms with Crippen molar-refractivity contribution in [1.29, 1.82) is 0 Å². The number of fused-ring (bicyclic) bond motifs is 1. The molecule has 1 fully saturated rings. The Kier molecular flexibility index (Phi) is 3.99. The van der Waals surface area contributed by atoms with E-state index in [9.17, 15) is 13.2 Å². The van der Waals surface area contributed by atoms with Crippen LogP contribution in [0.1, 0.15) is 48.5 Å². The van der Waals surface area contributed by atoms with E-state index in [1.165, 1.54) is 0 Å². The van der Waals surface area contributed by atoms with Crippen LogP contribution in [-0.4, -0.2) is 31.4 Å². The molecule has 0 radical (unpaired) electrons. The average molecular weight is 401 g/mol. The van der Waals surface area contributed by atoms with E-state index in [0.717, 1.165) is 15.7 Å². The first-order valence-electron chi connectivity index (χ1n) is 7.72. The van der Waals surface area contributed by atoms with Crippen molar-refractivity contribution < 1.29 is 13.2 Å². The number of halogens is 1. The zero-order valence-electron chi connectivity index (χ0n) is 13.2. The predicted octanol–water partition coefficient (Wildman–Crippen LogP) is 2.66. The maximum absolute atomic E-state index is 12.2. The van der Waals surface area contributed by atoms with Gasteiger partial charge in [0.15, 0.2) is 9.84 Å². The minimum Gasteiger partial charge on any atom is -0.384 e. The van der Waals surface area contributed by atoms with Crippen molar-refractivity contribution in [3.63, 3.8) is 0 Å². The van der Waals surface area contributed by atoms with Crippen LogP contribution in [-0.2, 0) is 9.84 Å². The van der Waals surface area contributed by atoms with Crippen LogP contribution in [0.25, 0.3) is 0 Å². The van der Waals surface area contributed by atoms with Gasteiger partial charge in [0.25, 0.3) is 5.91 Å². The van der Waals surface area contributed by atoms with E-state index in [-0.39, 0.29) is 17.6 Å². The summed E-state index contributed by atoms with van der Waals surface area (Å²) in [6.45, 7) is 4.34. The lowest BCUT2D eigenvalue weighted by Gasteiger charge is -2.37. The van der Waals surface area contributed by atoms with Crippen molar-refractivity contribution in [1.82, 2.24) is 0 Å². The molecule has 7 heteroatoms. The van der Waals surface area contributed by atoms with Crippen LogP contribution in [0, 0.1) is 5.92 Å². The summed E-state index contributed by atoms with van der Waals surface area (Å²) in [6.07, 6.45) is 1.30. The molecule has 23 heavy (non-hydrogen) atoms. The predicted molar refractivity (Wildman–Crippen MR) is 94.5 cm³/mol. The molecule has 0 bridgehead atoms. The standard InChI is InChI=1S/C16H21BrN2O3S/c1-16(2)7-9(3-4-23(16,21)22)13-8-19-14-11(13)5-10(17)6-12(14)15(18)20/h5-6,9,13,19H,3-4,7-8H2,1-2H3,(H2,18,20). The first-order valence-corrected chi connectivity index (χ1v) is 10.2. The van der Waals surface area contributed by atoms with Gasteiger partial charge in [-0.15, -0.1) is 0 Å². The molecule has 3 rings (SSSR count). The van der Waals surface area contributed by atoms with Crippen LogP contribution in [0.2, 0.25) is 0 Å². The van der Waals surface area contributed by atoms with Gasteiger partial charge in [0, 0.05) is 16.9 Å². The SMILES string of the molecule is CC1(C)CC(C2CNc3c(C(N)=O)cc(Br)cc32)CCS1(=O)=O. The number of anilines is 1. The number of rotatable bonds is 2. The zero-order valence-corrected chi connectivity index (χ0v) is 15.6. The van der Waals surface area contributed by atoms with E-state index >= 15 is 0 Å². The van der Waals surface area contributed by atoms with Crippen molar-refractivity contribution >= 4 is 37.4 Å². The quantitative estimate of drug-likeness (QED) is 0.798. The molecular formula is C16H21BrN2O3S. The highest BCUT2D eigenvalue weighted by molar-refractivity contribution is 9.10. The number of nitrogens with two attached hydrogens (primary N) is 1. The molecule has 2 heterocycles. The molecule has 1 aromatic rings. The average Bonchev–Trinajstić information content (AvgIpc) is 2.84. The highest BCUT2D eigenvalue weighted by Crippen LogP contribution is 2.46. The molecule has 1 aromatic carbocycles. The van der Waals surface area contributed by atoms with Crippen molar-refractivity contribution in [2.75, 3.05) is 17.6 Å². The second-order valence-electron chi connectivity index (χ2n) is 7.10. The third-order valence-electron chi connectivity index (χ3n) is 5.22. The minimum absolute atomic E-state index is 0.204. The van der Waals surface area contributed by atoms with Crippen LogP contribution in [0.4, 0.5) is 5.69 Å². The third-order valence-corrected chi connectivity index (χ3v) is 8.30. The zero-order chi connectivity index (χ0) is 17.0. The molecule has 0 saturated carbocycles. The van der Waals surface area contributed by atoms with Gasteiger partial charge in [-0.3, -0.25) is 4.79 Å². The smallest absolute Gasteiger partial charge is 0.250 e. The van der Waals surface area contributed by atoms with Gasteiger partial charge in [-0.2, -0.15) is 0 Å². The monoisotopic (exact) mass is 400 g/mol. The summed E-state index contributed by atoms with van der Waals surface area (Å²) in [5, 5.41) is 3.30. The lowest BCUT2D eigenvalue weighted by molar-refractivity contribution is 0.100. The van der Waals surface area contributed by atoms with Crippen LogP contribution >= 0.6 is 15.9 Å². The molecule has 3 N–H and O–H groups in total. The molecule has 5 nitrogen and oxygen atoms in total. The fourth-order valence-corrected chi connectivity index (χ4v) is 5.95. The van der Waals surface area contributed by atoms with E-state index in [0.29, 0.717) is 24.9 Å². The van der Waals surface area contributed by atoms with Gasteiger partial charge in [0.2, 0.25) is 0 Å². The van der Waals surface area contributed by atoms with Gasteiger partial charge in [0.05, 0.1) is 21.8 Å². The molecule has 0 aliphatic carbocycles. The van der Waals surface area contributed by atoms with Gasteiger partial charge < -0.3 is 11.1 Å². The number of hydrogen-bond acceptors (Lipinski definition) is 4. The number of primary amides is 1. The molecular weight excluding hydrogens is 380 g/mol. The van der Waals surface area contributed by atoms with Crippen molar-refractivity contribution in [2.24, 2.45) is 11.7 Å². The highest BCUT2D eigenvalue weighted by Gasteiger charge is 2.44. The molecule has 1 amide bonds. The molecule has 1 saturated heterocycles. The Morgan fingerprint density at radius 3 is 2.70 bits per heavy atom. The number of amides is 1. The molecule has 2 unspecified atom stereocenters. The van der Waals surface area contributed by atoms with Gasteiger partial charge in [-0.25, -0.2) is 8.42 Å². The fraction of sp³-hybridized carbons (Fsp3) is 0.562. The molecule has 2 aliphatic rings. The first kappa shape index (κ1) is 16.8. The maximum Gasteiger partial charge on any atom is 0.250 e. The number of sulfone groups is 1. The maximum atomic E-state index is 12.2. The highest BCUT2D eigenvalue weighted by atomic mass is 79.9. The number of carbonyl (C=O) groups excluding carboxylic acids is 1. The van der Waals surface area contributed by atoms with Crippen molar-refractivity contribution in [3.8, 4) is 0 Å². The lowest BCUT2D eigenvalue weighted by Crippen LogP contribution is -2.42. The minimum atomic E-state index is -3.03. The largest absolute Gasteiger partial charge is 0.384 e. The summed E-state index contributed by atoms with van der Waals surface area (Å²) in [5.41, 5.74) is 7.83. The summed E-state index contributed by atoms with van der Waals surface area (Å²) in [5.74, 6) is 0.252. The Morgan fingerprint density at radius 1 is 1.39 bits per heavy atom. The summed E-state index contributed by atoms with van der Waals surface area (Å²) in [4.78, 5) is 11.7. The fourth-order valence-electron chi connectivity index (χ4n) is 3.84. The molecule has 126 valence electrons. The Morgan fingerprint density at radius 2 is 2.09 bits per heavy atom. The normalized spacial score (nSPS) is 28.0. The summed E-state index contributed by atoms with van der Waals surface area (Å²) in [7, 11) is -3.03. The van der Waals surface area contributed by atoms with Gasteiger partial charge in [-0.1, -0.05) is 15.9 Å². The Labute approximate surface area is 145 Å². The second kappa shape index (κ2) is 5.48. The van der Waals surface area contributed by atoms with E-state index in [4.69, 9.17) is 5.73 Å². The van der Waals surface area contributed by atoms with Crippen LogP contribution < -0.4 is 11.1 Å². The van der Waals surface area contributed by atoms with Crippen molar-refractivity contribution in [3.05, 3.63) is 27.7 Å². The molecule has 2 atom stereocenters. The number of benzene rings is 1. The Bertz CT molecular complexity index is 774. The van der Waals surface area contributed by atoms with Crippen molar-refractivity contribution in [2.45, 2.75) is 37.4 Å². The number of carbonyl (C=O) groups is 1. The van der Waals surface area contributed by atoms with E-state index in [1.54, 1.807) is 6.07 Å². The second-order valence-corrected chi connectivity index (χ2v) is 10.8. The van der Waals surface area contributed by atoms with E-state index < -0.39 is 20.5 Å². The molecule has 2 aliphatic heterocycles. The number of nitrogens with one attached hydrogen (secondary N) is 1.